The first-order chi connectivity index (χ1) is 7.79. The van der Waals surface area contributed by atoms with E-state index in [1.165, 1.54) is 0 Å². The molecule has 2 rings (SSSR count). The fourth-order valence-corrected chi connectivity index (χ4v) is 1.86. The Kier molecular flexibility index (Phi) is 4.09. The molecule has 1 unspecified atom stereocenters. The largest absolute Gasteiger partial charge is 0.382 e. The van der Waals surface area contributed by atoms with Crippen LogP contribution in [0.2, 0.25) is 0 Å². The predicted octanol–water partition coefficient (Wildman–Crippen LogP) is 1.09. The maximum Gasteiger partial charge on any atom is 0.225 e. The normalized spacial score (nSPS) is 21.1. The van der Waals surface area contributed by atoms with Gasteiger partial charge in [0.2, 0.25) is 5.95 Å². The maximum atomic E-state index is 5.56. The van der Waals surface area contributed by atoms with Crippen LogP contribution < -0.4 is 4.90 Å². The van der Waals surface area contributed by atoms with Gasteiger partial charge in [-0.1, -0.05) is 0 Å². The molecule has 1 fully saturated rings. The number of methoxy groups -OCH3 is 1. The zero-order chi connectivity index (χ0) is 11.4. The molecule has 16 heavy (non-hydrogen) atoms. The molecule has 2 heterocycles. The molecule has 0 spiro atoms. The Morgan fingerprint density at radius 1 is 1.56 bits per heavy atom. The number of rotatable bonds is 3. The van der Waals surface area contributed by atoms with E-state index in [4.69, 9.17) is 9.47 Å². The summed E-state index contributed by atoms with van der Waals surface area (Å²) in [7, 11) is 1.68. The standard InChI is InChI=1S/C10H14BrN3O2/c1-15-7-9-6-14(2-3-16-9)10-12-4-8(11)5-13-10/h4-5,9H,2-3,6-7H2,1H3. The second kappa shape index (κ2) is 5.56. The fourth-order valence-electron chi connectivity index (χ4n) is 1.66. The van der Waals surface area contributed by atoms with Gasteiger partial charge in [0, 0.05) is 32.6 Å². The van der Waals surface area contributed by atoms with E-state index in [0.29, 0.717) is 13.2 Å². The van der Waals surface area contributed by atoms with Gasteiger partial charge in [0.25, 0.3) is 0 Å². The molecular weight excluding hydrogens is 274 g/mol. The third-order valence-corrected chi connectivity index (χ3v) is 2.79. The lowest BCUT2D eigenvalue weighted by Crippen LogP contribution is -2.45. The Balaban J connectivity index is 2.01. The Labute approximate surface area is 103 Å². The maximum absolute atomic E-state index is 5.56. The molecule has 0 bridgehead atoms. The molecule has 1 aliphatic rings. The third-order valence-electron chi connectivity index (χ3n) is 2.38. The average Bonchev–Trinajstić information content (AvgIpc) is 2.31. The summed E-state index contributed by atoms with van der Waals surface area (Å²) in [6, 6.07) is 0. The molecule has 88 valence electrons. The van der Waals surface area contributed by atoms with Crippen LogP contribution in [-0.2, 0) is 9.47 Å². The summed E-state index contributed by atoms with van der Waals surface area (Å²) in [4.78, 5) is 10.6. The number of aromatic nitrogens is 2. The number of morpholine rings is 1. The lowest BCUT2D eigenvalue weighted by atomic mass is 10.3. The molecule has 0 N–H and O–H groups in total. The van der Waals surface area contributed by atoms with Gasteiger partial charge >= 0.3 is 0 Å². The molecule has 1 aromatic heterocycles. The molecule has 0 aromatic carbocycles. The SMILES string of the molecule is COCC1CN(c2ncc(Br)cn2)CCO1. The molecule has 0 amide bonds. The van der Waals surface area contributed by atoms with E-state index in [-0.39, 0.29) is 6.10 Å². The predicted molar refractivity (Wildman–Crippen MR) is 63.6 cm³/mol. The molecule has 0 aliphatic carbocycles. The minimum absolute atomic E-state index is 0.103. The Hall–Kier alpha value is -0.720. The Morgan fingerprint density at radius 3 is 3.00 bits per heavy atom. The van der Waals surface area contributed by atoms with E-state index in [1.807, 2.05) is 0 Å². The van der Waals surface area contributed by atoms with Crippen molar-refractivity contribution in [3.63, 3.8) is 0 Å². The molecule has 0 saturated carbocycles. The van der Waals surface area contributed by atoms with E-state index < -0.39 is 0 Å². The minimum atomic E-state index is 0.103. The number of hydrogen-bond donors (Lipinski definition) is 0. The summed E-state index contributed by atoms with van der Waals surface area (Å²) in [5.41, 5.74) is 0. The van der Waals surface area contributed by atoms with Crippen LogP contribution in [0.1, 0.15) is 0 Å². The Morgan fingerprint density at radius 2 is 2.31 bits per heavy atom. The molecule has 1 saturated heterocycles. The monoisotopic (exact) mass is 287 g/mol. The summed E-state index contributed by atoms with van der Waals surface area (Å²) in [6.45, 7) is 2.89. The zero-order valence-corrected chi connectivity index (χ0v) is 10.7. The van der Waals surface area contributed by atoms with Crippen molar-refractivity contribution in [2.75, 3.05) is 38.3 Å². The summed E-state index contributed by atoms with van der Waals surface area (Å²) in [5, 5.41) is 0. The highest BCUT2D eigenvalue weighted by molar-refractivity contribution is 9.10. The van der Waals surface area contributed by atoms with Crippen LogP contribution in [0.3, 0.4) is 0 Å². The van der Waals surface area contributed by atoms with E-state index in [0.717, 1.165) is 23.5 Å². The highest BCUT2D eigenvalue weighted by Crippen LogP contribution is 2.14. The summed E-state index contributed by atoms with van der Waals surface area (Å²) >= 11 is 3.32. The first kappa shape index (κ1) is 11.8. The molecule has 1 aliphatic heterocycles. The van der Waals surface area contributed by atoms with Gasteiger partial charge in [-0.3, -0.25) is 0 Å². The van der Waals surface area contributed by atoms with Crippen molar-refractivity contribution in [2.24, 2.45) is 0 Å². The minimum Gasteiger partial charge on any atom is -0.382 e. The zero-order valence-electron chi connectivity index (χ0n) is 9.10. The van der Waals surface area contributed by atoms with Gasteiger partial charge in [0.1, 0.15) is 0 Å². The summed E-state index contributed by atoms with van der Waals surface area (Å²) in [5.74, 6) is 0.743. The highest BCUT2D eigenvalue weighted by atomic mass is 79.9. The van der Waals surface area contributed by atoms with Crippen molar-refractivity contribution in [2.45, 2.75) is 6.10 Å². The molecule has 0 radical (unpaired) electrons. The van der Waals surface area contributed by atoms with Crippen LogP contribution >= 0.6 is 15.9 Å². The fraction of sp³-hybridized carbons (Fsp3) is 0.600. The van der Waals surface area contributed by atoms with E-state index in [9.17, 15) is 0 Å². The Bertz CT molecular complexity index is 331. The second-order valence-electron chi connectivity index (χ2n) is 3.60. The summed E-state index contributed by atoms with van der Waals surface area (Å²) < 4.78 is 11.5. The van der Waals surface area contributed by atoms with Crippen molar-refractivity contribution >= 4 is 21.9 Å². The summed E-state index contributed by atoms with van der Waals surface area (Å²) in [6.07, 6.45) is 3.61. The van der Waals surface area contributed by atoms with Gasteiger partial charge < -0.3 is 14.4 Å². The highest BCUT2D eigenvalue weighted by Gasteiger charge is 2.21. The lowest BCUT2D eigenvalue weighted by molar-refractivity contribution is -0.0104. The van der Waals surface area contributed by atoms with Gasteiger partial charge in [-0.15, -0.1) is 0 Å². The molecule has 6 heteroatoms. The van der Waals surface area contributed by atoms with Crippen molar-refractivity contribution in [3.05, 3.63) is 16.9 Å². The first-order valence-electron chi connectivity index (χ1n) is 5.12. The lowest BCUT2D eigenvalue weighted by Gasteiger charge is -2.32. The van der Waals surface area contributed by atoms with Crippen LogP contribution in [0.15, 0.2) is 16.9 Å². The van der Waals surface area contributed by atoms with Crippen molar-refractivity contribution < 1.29 is 9.47 Å². The van der Waals surface area contributed by atoms with Crippen LogP contribution in [-0.4, -0.2) is 49.5 Å². The van der Waals surface area contributed by atoms with Crippen LogP contribution in [0, 0.1) is 0 Å². The second-order valence-corrected chi connectivity index (χ2v) is 4.51. The molecule has 1 aromatic rings. The van der Waals surface area contributed by atoms with Crippen LogP contribution in [0.4, 0.5) is 5.95 Å². The van der Waals surface area contributed by atoms with Gasteiger partial charge in [0.15, 0.2) is 0 Å². The van der Waals surface area contributed by atoms with Gasteiger partial charge in [0.05, 0.1) is 23.8 Å². The molecule has 1 atom stereocenters. The van der Waals surface area contributed by atoms with Crippen LogP contribution in [0.5, 0.6) is 0 Å². The topological polar surface area (TPSA) is 47.5 Å². The molecular formula is C10H14BrN3O2. The van der Waals surface area contributed by atoms with E-state index in [2.05, 4.69) is 30.8 Å². The third kappa shape index (κ3) is 2.90. The van der Waals surface area contributed by atoms with E-state index in [1.54, 1.807) is 19.5 Å². The average molecular weight is 288 g/mol. The number of nitrogens with zero attached hydrogens (tertiary/aromatic N) is 3. The van der Waals surface area contributed by atoms with E-state index >= 15 is 0 Å². The van der Waals surface area contributed by atoms with Crippen molar-refractivity contribution in [1.29, 1.82) is 0 Å². The number of halogens is 1. The number of hydrogen-bond acceptors (Lipinski definition) is 5. The van der Waals surface area contributed by atoms with Crippen molar-refractivity contribution in [1.82, 2.24) is 9.97 Å². The molecule has 5 nitrogen and oxygen atoms in total. The van der Waals surface area contributed by atoms with Crippen molar-refractivity contribution in [3.8, 4) is 0 Å². The van der Waals surface area contributed by atoms with Crippen LogP contribution in [0.25, 0.3) is 0 Å². The number of ether oxygens (including phenoxy) is 2. The van der Waals surface area contributed by atoms with Gasteiger partial charge in [-0.25, -0.2) is 9.97 Å². The van der Waals surface area contributed by atoms with Gasteiger partial charge in [-0.05, 0) is 15.9 Å². The first-order valence-corrected chi connectivity index (χ1v) is 5.92. The number of anilines is 1. The van der Waals surface area contributed by atoms with Gasteiger partial charge in [-0.2, -0.15) is 0 Å². The smallest absolute Gasteiger partial charge is 0.225 e. The quantitative estimate of drug-likeness (QED) is 0.833.